The van der Waals surface area contributed by atoms with Crippen LogP contribution >= 0.6 is 0 Å². The van der Waals surface area contributed by atoms with Crippen LogP contribution in [0.2, 0.25) is 0 Å². The number of carbonyl (C=O) groups is 1. The van der Waals surface area contributed by atoms with Gasteiger partial charge in [-0.1, -0.05) is 60.7 Å². The van der Waals surface area contributed by atoms with E-state index in [1.807, 2.05) is 59.5 Å². The minimum Gasteiger partial charge on any atom is -0.334 e. The fourth-order valence-electron chi connectivity index (χ4n) is 2.19. The fourth-order valence-corrected chi connectivity index (χ4v) is 2.19. The lowest BCUT2D eigenvalue weighted by atomic mass is 9.99. The van der Waals surface area contributed by atoms with Gasteiger partial charge < -0.3 is 4.90 Å². The Labute approximate surface area is 114 Å². The van der Waals surface area contributed by atoms with Crippen LogP contribution in [0.25, 0.3) is 0 Å². The van der Waals surface area contributed by atoms with Gasteiger partial charge in [0.15, 0.2) is 0 Å². The second kappa shape index (κ2) is 6.74. The average molecular weight is 253 g/mol. The zero-order valence-corrected chi connectivity index (χ0v) is 11.0. The van der Waals surface area contributed by atoms with Gasteiger partial charge in [-0.25, -0.2) is 0 Å². The van der Waals surface area contributed by atoms with Crippen molar-refractivity contribution in [3.63, 3.8) is 0 Å². The van der Waals surface area contributed by atoms with Gasteiger partial charge in [0.1, 0.15) is 0 Å². The minimum atomic E-state index is -0.0336. The summed E-state index contributed by atoms with van der Waals surface area (Å²) in [6.45, 7) is 4.97. The Hall–Kier alpha value is -2.09. The van der Waals surface area contributed by atoms with Crippen LogP contribution in [0.5, 0.6) is 0 Å². The molecule has 0 fully saturated rings. The number of nitrogens with zero attached hydrogens (tertiary/aromatic N) is 1. The van der Waals surface area contributed by atoms with E-state index in [1.54, 1.807) is 6.08 Å². The van der Waals surface area contributed by atoms with Crippen LogP contribution in [0, 0.1) is 5.92 Å². The zero-order chi connectivity index (χ0) is 13.5. The predicted molar refractivity (Wildman–Crippen MR) is 78.4 cm³/mol. The maximum Gasteiger partial charge on any atom is 0.230 e. The van der Waals surface area contributed by atoms with Crippen molar-refractivity contribution in [2.24, 2.45) is 5.92 Å². The van der Waals surface area contributed by atoms with E-state index >= 15 is 0 Å². The molecule has 0 heterocycles. The molecule has 1 amide bonds. The Morgan fingerprint density at radius 1 is 1.32 bits per heavy atom. The summed E-state index contributed by atoms with van der Waals surface area (Å²) in [5, 5.41) is 0. The molecule has 1 aromatic rings. The molecule has 0 saturated carbocycles. The van der Waals surface area contributed by atoms with Gasteiger partial charge in [-0.3, -0.25) is 4.79 Å². The summed E-state index contributed by atoms with van der Waals surface area (Å²) in [6, 6.07) is 10.1. The van der Waals surface area contributed by atoms with E-state index in [0.717, 1.165) is 12.0 Å². The second-order valence-electron chi connectivity index (χ2n) is 4.65. The van der Waals surface area contributed by atoms with Crippen LogP contribution in [0.1, 0.15) is 12.0 Å². The maximum atomic E-state index is 12.5. The van der Waals surface area contributed by atoms with Crippen LogP contribution in [0.3, 0.4) is 0 Å². The molecule has 0 bridgehead atoms. The van der Waals surface area contributed by atoms with E-state index in [0.29, 0.717) is 13.1 Å². The number of benzene rings is 1. The van der Waals surface area contributed by atoms with Crippen LogP contribution in [0.15, 0.2) is 67.3 Å². The molecule has 0 N–H and O–H groups in total. The number of rotatable bonds is 5. The van der Waals surface area contributed by atoms with E-state index in [9.17, 15) is 4.79 Å². The lowest BCUT2D eigenvalue weighted by Gasteiger charge is -2.25. The lowest BCUT2D eigenvalue weighted by molar-refractivity contribution is -0.134. The molecule has 0 radical (unpaired) electrons. The standard InChI is InChI=1S/C17H19NO/c1-2-13-18(14-15-9-5-3-6-10-15)17(19)16-11-7-4-8-12-16/h2-11,16H,1,12-14H2/t16-/m1/s1. The minimum absolute atomic E-state index is 0.0336. The molecule has 19 heavy (non-hydrogen) atoms. The van der Waals surface area contributed by atoms with E-state index in [1.165, 1.54) is 0 Å². The van der Waals surface area contributed by atoms with Crippen LogP contribution in [-0.4, -0.2) is 17.4 Å². The van der Waals surface area contributed by atoms with E-state index in [4.69, 9.17) is 0 Å². The molecule has 1 atom stereocenters. The van der Waals surface area contributed by atoms with Crippen molar-refractivity contribution in [2.75, 3.05) is 6.54 Å². The van der Waals surface area contributed by atoms with E-state index < -0.39 is 0 Å². The summed E-state index contributed by atoms with van der Waals surface area (Å²) in [5.74, 6) is 0.137. The maximum absolute atomic E-state index is 12.5. The SMILES string of the molecule is C=CCN(Cc1ccccc1)C(=O)[C@@H]1C=CC=CC1. The fraction of sp³-hybridized carbons (Fsp3) is 0.235. The van der Waals surface area contributed by atoms with Gasteiger partial charge in [-0.15, -0.1) is 6.58 Å². The van der Waals surface area contributed by atoms with Crippen molar-refractivity contribution in [1.29, 1.82) is 0 Å². The number of carbonyl (C=O) groups excluding carboxylic acids is 1. The molecule has 98 valence electrons. The monoisotopic (exact) mass is 253 g/mol. The Morgan fingerprint density at radius 3 is 2.74 bits per heavy atom. The van der Waals surface area contributed by atoms with Gasteiger partial charge in [0.25, 0.3) is 0 Å². The molecule has 0 spiro atoms. The van der Waals surface area contributed by atoms with Crippen molar-refractivity contribution < 1.29 is 4.79 Å². The summed E-state index contributed by atoms with van der Waals surface area (Å²) in [7, 11) is 0. The molecule has 2 nitrogen and oxygen atoms in total. The highest BCUT2D eigenvalue weighted by Crippen LogP contribution is 2.16. The van der Waals surface area contributed by atoms with Crippen molar-refractivity contribution in [3.05, 3.63) is 72.9 Å². The number of allylic oxidation sites excluding steroid dienone is 3. The molecule has 1 aromatic carbocycles. The third kappa shape index (κ3) is 3.68. The van der Waals surface area contributed by atoms with Crippen LogP contribution in [0.4, 0.5) is 0 Å². The molecular weight excluding hydrogens is 234 g/mol. The van der Waals surface area contributed by atoms with Crippen molar-refractivity contribution in [2.45, 2.75) is 13.0 Å². The van der Waals surface area contributed by atoms with Crippen molar-refractivity contribution >= 4 is 5.91 Å². The normalized spacial score (nSPS) is 17.2. The molecule has 2 heteroatoms. The highest BCUT2D eigenvalue weighted by molar-refractivity contribution is 5.81. The number of hydrogen-bond donors (Lipinski definition) is 0. The Balaban J connectivity index is 2.06. The van der Waals surface area contributed by atoms with Crippen LogP contribution in [-0.2, 0) is 11.3 Å². The average Bonchev–Trinajstić information content (AvgIpc) is 2.48. The third-order valence-corrected chi connectivity index (χ3v) is 3.18. The highest BCUT2D eigenvalue weighted by Gasteiger charge is 2.21. The molecule has 0 aromatic heterocycles. The zero-order valence-electron chi connectivity index (χ0n) is 11.0. The van der Waals surface area contributed by atoms with Gasteiger partial charge in [-0.05, 0) is 12.0 Å². The molecular formula is C17H19NO. The van der Waals surface area contributed by atoms with Crippen molar-refractivity contribution in [3.8, 4) is 0 Å². The van der Waals surface area contributed by atoms with Crippen LogP contribution < -0.4 is 0 Å². The molecule has 0 saturated heterocycles. The molecule has 1 aliphatic carbocycles. The molecule has 2 rings (SSSR count). The topological polar surface area (TPSA) is 20.3 Å². The third-order valence-electron chi connectivity index (χ3n) is 3.18. The molecule has 0 aliphatic heterocycles. The summed E-state index contributed by atoms with van der Waals surface area (Å²) in [6.07, 6.45) is 10.5. The van der Waals surface area contributed by atoms with Gasteiger partial charge in [0.05, 0.1) is 5.92 Å². The first-order chi connectivity index (χ1) is 9.31. The van der Waals surface area contributed by atoms with Gasteiger partial charge >= 0.3 is 0 Å². The smallest absolute Gasteiger partial charge is 0.230 e. The quantitative estimate of drug-likeness (QED) is 0.737. The van der Waals surface area contributed by atoms with Gasteiger partial charge in [0, 0.05) is 13.1 Å². The summed E-state index contributed by atoms with van der Waals surface area (Å²) < 4.78 is 0. The summed E-state index contributed by atoms with van der Waals surface area (Å²) >= 11 is 0. The molecule has 1 aliphatic rings. The first-order valence-electron chi connectivity index (χ1n) is 6.58. The van der Waals surface area contributed by atoms with E-state index in [2.05, 4.69) is 6.58 Å². The Morgan fingerprint density at radius 2 is 2.11 bits per heavy atom. The summed E-state index contributed by atoms with van der Waals surface area (Å²) in [4.78, 5) is 14.3. The first kappa shape index (κ1) is 13.3. The number of amides is 1. The second-order valence-corrected chi connectivity index (χ2v) is 4.65. The largest absolute Gasteiger partial charge is 0.334 e. The first-order valence-corrected chi connectivity index (χ1v) is 6.58. The van der Waals surface area contributed by atoms with Gasteiger partial charge in [0.2, 0.25) is 5.91 Å². The predicted octanol–water partition coefficient (Wildman–Crippen LogP) is 3.33. The van der Waals surface area contributed by atoms with Gasteiger partial charge in [-0.2, -0.15) is 0 Å². The number of hydrogen-bond acceptors (Lipinski definition) is 1. The Bertz CT molecular complexity index is 487. The van der Waals surface area contributed by atoms with Crippen molar-refractivity contribution in [1.82, 2.24) is 4.90 Å². The highest BCUT2D eigenvalue weighted by atomic mass is 16.2. The summed E-state index contributed by atoms with van der Waals surface area (Å²) in [5.41, 5.74) is 1.15. The molecule has 0 unspecified atom stereocenters. The lowest BCUT2D eigenvalue weighted by Crippen LogP contribution is -2.35. The Kier molecular flexibility index (Phi) is 4.73. The van der Waals surface area contributed by atoms with E-state index in [-0.39, 0.29) is 11.8 Å².